The van der Waals surface area contributed by atoms with Gasteiger partial charge < -0.3 is 9.84 Å². The van der Waals surface area contributed by atoms with Crippen molar-refractivity contribution in [1.82, 2.24) is 4.98 Å². The Kier molecular flexibility index (Phi) is 3.48. The quantitative estimate of drug-likeness (QED) is 0.830. The summed E-state index contributed by atoms with van der Waals surface area (Å²) >= 11 is 5.47. The van der Waals surface area contributed by atoms with Gasteiger partial charge in [-0.3, -0.25) is 4.98 Å². The van der Waals surface area contributed by atoms with Gasteiger partial charge in [0.2, 0.25) is 0 Å². The summed E-state index contributed by atoms with van der Waals surface area (Å²) in [7, 11) is 0. The molecule has 0 aliphatic heterocycles. The number of halogens is 1. The molecular formula is C9H8ClNO3. The average Bonchev–Trinajstić information content (AvgIpc) is 2.15. The van der Waals surface area contributed by atoms with Crippen molar-refractivity contribution in [3.8, 4) is 5.75 Å². The number of nitrogens with zero attached hydrogens (tertiary/aromatic N) is 1. The molecule has 74 valence electrons. The van der Waals surface area contributed by atoms with Crippen LogP contribution in [0.2, 0.25) is 0 Å². The SMILES string of the molecule is C=C(Cl)COc1cncc(C(=O)O)c1. The maximum absolute atomic E-state index is 10.6. The Hall–Kier alpha value is -1.55. The first-order valence-electron chi connectivity index (χ1n) is 3.74. The highest BCUT2D eigenvalue weighted by atomic mass is 35.5. The molecule has 0 radical (unpaired) electrons. The maximum Gasteiger partial charge on any atom is 0.337 e. The van der Waals surface area contributed by atoms with Crippen LogP contribution in [-0.4, -0.2) is 22.7 Å². The molecular weight excluding hydrogens is 206 g/mol. The molecule has 0 atom stereocenters. The van der Waals surface area contributed by atoms with E-state index in [1.807, 2.05) is 0 Å². The van der Waals surface area contributed by atoms with E-state index in [0.717, 1.165) is 0 Å². The monoisotopic (exact) mass is 213 g/mol. The van der Waals surface area contributed by atoms with Crippen molar-refractivity contribution in [3.63, 3.8) is 0 Å². The summed E-state index contributed by atoms with van der Waals surface area (Å²) in [6.45, 7) is 3.56. The topological polar surface area (TPSA) is 59.4 Å². The van der Waals surface area contributed by atoms with Crippen molar-refractivity contribution in [2.75, 3.05) is 6.61 Å². The molecule has 1 rings (SSSR count). The van der Waals surface area contributed by atoms with E-state index in [9.17, 15) is 4.79 Å². The molecule has 1 N–H and O–H groups in total. The van der Waals surface area contributed by atoms with E-state index in [-0.39, 0.29) is 12.2 Å². The molecule has 0 aliphatic carbocycles. The summed E-state index contributed by atoms with van der Waals surface area (Å²) in [5.41, 5.74) is 0.0719. The lowest BCUT2D eigenvalue weighted by Crippen LogP contribution is -2.01. The summed E-state index contributed by atoms with van der Waals surface area (Å²) in [6, 6.07) is 1.37. The zero-order valence-electron chi connectivity index (χ0n) is 7.24. The van der Waals surface area contributed by atoms with Crippen molar-refractivity contribution in [3.05, 3.63) is 35.6 Å². The van der Waals surface area contributed by atoms with Crippen molar-refractivity contribution in [1.29, 1.82) is 0 Å². The largest absolute Gasteiger partial charge is 0.486 e. The Balaban J connectivity index is 2.73. The number of aromatic nitrogens is 1. The molecule has 1 aromatic heterocycles. The second-order valence-corrected chi connectivity index (χ2v) is 3.05. The molecule has 0 bridgehead atoms. The number of carboxylic acids is 1. The number of carboxylic acid groups (broad SMARTS) is 1. The lowest BCUT2D eigenvalue weighted by atomic mass is 10.3. The normalized spacial score (nSPS) is 9.50. The van der Waals surface area contributed by atoms with Gasteiger partial charge in [0.05, 0.1) is 11.8 Å². The van der Waals surface area contributed by atoms with Gasteiger partial charge in [-0.2, -0.15) is 0 Å². The summed E-state index contributed by atoms with van der Waals surface area (Å²) in [5.74, 6) is -0.695. The molecule has 0 fully saturated rings. The van der Waals surface area contributed by atoms with Crippen molar-refractivity contribution < 1.29 is 14.6 Å². The van der Waals surface area contributed by atoms with E-state index < -0.39 is 5.97 Å². The van der Waals surface area contributed by atoms with Gasteiger partial charge in [0.15, 0.2) is 0 Å². The van der Waals surface area contributed by atoms with Crippen LogP contribution in [0.3, 0.4) is 0 Å². The smallest absolute Gasteiger partial charge is 0.337 e. The lowest BCUT2D eigenvalue weighted by Gasteiger charge is -2.04. The fourth-order valence-electron chi connectivity index (χ4n) is 0.776. The standard InChI is InChI=1S/C9H8ClNO3/c1-6(10)5-14-8-2-7(9(12)13)3-11-4-8/h2-4H,1,5H2,(H,12,13). The maximum atomic E-state index is 10.6. The highest BCUT2D eigenvalue weighted by Crippen LogP contribution is 2.12. The minimum atomic E-state index is -1.05. The van der Waals surface area contributed by atoms with Gasteiger partial charge in [-0.25, -0.2) is 4.79 Å². The Morgan fingerprint density at radius 3 is 2.93 bits per heavy atom. The zero-order valence-corrected chi connectivity index (χ0v) is 7.99. The predicted octanol–water partition coefficient (Wildman–Crippen LogP) is 1.91. The second-order valence-electron chi connectivity index (χ2n) is 2.52. The Bertz CT molecular complexity index is 365. The van der Waals surface area contributed by atoms with E-state index in [2.05, 4.69) is 11.6 Å². The molecule has 5 heteroatoms. The molecule has 1 aromatic rings. The Morgan fingerprint density at radius 2 is 2.36 bits per heavy atom. The van der Waals surface area contributed by atoms with Crippen LogP contribution in [-0.2, 0) is 0 Å². The highest BCUT2D eigenvalue weighted by Gasteiger charge is 2.04. The van der Waals surface area contributed by atoms with Crippen molar-refractivity contribution in [2.24, 2.45) is 0 Å². The number of carbonyl (C=O) groups is 1. The third-order valence-corrected chi connectivity index (χ3v) is 1.46. The molecule has 1 heterocycles. The molecule has 0 aliphatic rings. The molecule has 0 aromatic carbocycles. The first kappa shape index (κ1) is 10.5. The summed E-state index contributed by atoms with van der Waals surface area (Å²) < 4.78 is 5.10. The van der Waals surface area contributed by atoms with Crippen LogP contribution in [0.25, 0.3) is 0 Å². The fourth-order valence-corrected chi connectivity index (χ4v) is 0.831. The second kappa shape index (κ2) is 4.62. The van der Waals surface area contributed by atoms with Crippen LogP contribution in [0, 0.1) is 0 Å². The van der Waals surface area contributed by atoms with Crippen molar-refractivity contribution in [2.45, 2.75) is 0 Å². The van der Waals surface area contributed by atoms with E-state index in [1.165, 1.54) is 18.5 Å². The van der Waals surface area contributed by atoms with Crippen LogP contribution in [0.5, 0.6) is 5.75 Å². The van der Waals surface area contributed by atoms with Gasteiger partial charge in [-0.1, -0.05) is 18.2 Å². The molecule has 0 saturated carbocycles. The fraction of sp³-hybridized carbons (Fsp3) is 0.111. The lowest BCUT2D eigenvalue weighted by molar-refractivity contribution is 0.0696. The number of pyridine rings is 1. The number of aromatic carboxylic acids is 1. The average molecular weight is 214 g/mol. The van der Waals surface area contributed by atoms with E-state index in [0.29, 0.717) is 10.8 Å². The molecule has 0 spiro atoms. The first-order valence-corrected chi connectivity index (χ1v) is 4.12. The zero-order chi connectivity index (χ0) is 10.6. The van der Waals surface area contributed by atoms with Crippen LogP contribution in [0.15, 0.2) is 30.1 Å². The Labute approximate surface area is 85.8 Å². The van der Waals surface area contributed by atoms with Crippen LogP contribution < -0.4 is 4.74 Å². The minimum Gasteiger partial charge on any atom is -0.486 e. The number of ether oxygens (including phenoxy) is 1. The van der Waals surface area contributed by atoms with E-state index in [1.54, 1.807) is 0 Å². The minimum absolute atomic E-state index is 0.0719. The summed E-state index contributed by atoms with van der Waals surface area (Å²) in [4.78, 5) is 14.3. The van der Waals surface area contributed by atoms with Crippen LogP contribution in [0.1, 0.15) is 10.4 Å². The van der Waals surface area contributed by atoms with Crippen LogP contribution in [0.4, 0.5) is 0 Å². The summed E-state index contributed by atoms with van der Waals surface area (Å²) in [5, 5.41) is 8.99. The number of hydrogen-bond acceptors (Lipinski definition) is 3. The first-order chi connectivity index (χ1) is 6.59. The van der Waals surface area contributed by atoms with Crippen molar-refractivity contribution >= 4 is 17.6 Å². The third-order valence-electron chi connectivity index (χ3n) is 1.36. The molecule has 14 heavy (non-hydrogen) atoms. The van der Waals surface area contributed by atoms with E-state index in [4.69, 9.17) is 21.4 Å². The predicted molar refractivity (Wildman–Crippen MR) is 51.7 cm³/mol. The van der Waals surface area contributed by atoms with Gasteiger partial charge in [-0.05, 0) is 6.07 Å². The van der Waals surface area contributed by atoms with Gasteiger partial charge in [0, 0.05) is 11.2 Å². The highest BCUT2D eigenvalue weighted by molar-refractivity contribution is 6.29. The molecule has 0 amide bonds. The third kappa shape index (κ3) is 3.06. The van der Waals surface area contributed by atoms with E-state index >= 15 is 0 Å². The van der Waals surface area contributed by atoms with Crippen LogP contribution >= 0.6 is 11.6 Å². The molecule has 4 nitrogen and oxygen atoms in total. The Morgan fingerprint density at radius 1 is 1.64 bits per heavy atom. The van der Waals surface area contributed by atoms with Gasteiger partial charge in [-0.15, -0.1) is 0 Å². The summed E-state index contributed by atoms with van der Waals surface area (Å²) in [6.07, 6.45) is 2.65. The van der Waals surface area contributed by atoms with Gasteiger partial charge in [0.1, 0.15) is 12.4 Å². The molecule has 0 unspecified atom stereocenters. The number of hydrogen-bond donors (Lipinski definition) is 1. The van der Waals surface area contributed by atoms with Gasteiger partial charge in [0.25, 0.3) is 0 Å². The molecule has 0 saturated heterocycles. The number of rotatable bonds is 4. The van der Waals surface area contributed by atoms with Gasteiger partial charge >= 0.3 is 5.97 Å².